The van der Waals surface area contributed by atoms with E-state index in [2.05, 4.69) is 22.9 Å². The molecule has 1 unspecified atom stereocenters. The van der Waals surface area contributed by atoms with E-state index in [1.54, 1.807) is 6.26 Å². The van der Waals surface area contributed by atoms with Crippen molar-refractivity contribution in [1.29, 1.82) is 0 Å². The van der Waals surface area contributed by atoms with E-state index in [1.807, 2.05) is 23.9 Å². The molecule has 0 aliphatic heterocycles. The van der Waals surface area contributed by atoms with E-state index in [9.17, 15) is 0 Å². The van der Waals surface area contributed by atoms with E-state index in [-0.39, 0.29) is 0 Å². The molecule has 1 atom stereocenters. The summed E-state index contributed by atoms with van der Waals surface area (Å²) in [5.74, 6) is 4.08. The molecule has 0 bridgehead atoms. The Balaban J connectivity index is 2.13. The Labute approximate surface area is 92.4 Å². The van der Waals surface area contributed by atoms with Crippen molar-refractivity contribution in [3.63, 3.8) is 0 Å². The van der Waals surface area contributed by atoms with Crippen LogP contribution in [0, 0.1) is 5.92 Å². The van der Waals surface area contributed by atoms with Gasteiger partial charge in [-0.2, -0.15) is 11.8 Å². The SMILES string of the molecule is CCC(CBr)CSCc1ccco1. The Kier molecular flexibility index (Phi) is 5.63. The first-order chi connectivity index (χ1) is 6.36. The van der Waals surface area contributed by atoms with Gasteiger partial charge in [0.2, 0.25) is 0 Å². The number of hydrogen-bond acceptors (Lipinski definition) is 2. The lowest BCUT2D eigenvalue weighted by molar-refractivity contribution is 0.530. The van der Waals surface area contributed by atoms with Crippen LogP contribution in [0.25, 0.3) is 0 Å². The first-order valence-electron chi connectivity index (χ1n) is 4.53. The Morgan fingerprint density at radius 1 is 1.62 bits per heavy atom. The fraction of sp³-hybridized carbons (Fsp3) is 0.600. The summed E-state index contributed by atoms with van der Waals surface area (Å²) in [5.41, 5.74) is 0. The summed E-state index contributed by atoms with van der Waals surface area (Å²) in [6.07, 6.45) is 2.98. The summed E-state index contributed by atoms with van der Waals surface area (Å²) in [6.45, 7) is 2.24. The third kappa shape index (κ3) is 4.23. The molecule has 1 nitrogen and oxygen atoms in total. The smallest absolute Gasteiger partial charge is 0.113 e. The van der Waals surface area contributed by atoms with E-state index in [0.29, 0.717) is 0 Å². The fourth-order valence-corrected chi connectivity index (χ4v) is 3.15. The molecule has 13 heavy (non-hydrogen) atoms. The molecule has 74 valence electrons. The second-order valence-corrected chi connectivity index (χ2v) is 4.70. The highest BCUT2D eigenvalue weighted by Crippen LogP contribution is 2.18. The average Bonchev–Trinajstić information content (AvgIpc) is 2.65. The number of furan rings is 1. The van der Waals surface area contributed by atoms with Gasteiger partial charge in [-0.1, -0.05) is 29.3 Å². The zero-order chi connectivity index (χ0) is 9.52. The Morgan fingerprint density at radius 2 is 2.46 bits per heavy atom. The van der Waals surface area contributed by atoms with Crippen LogP contribution >= 0.6 is 27.7 Å². The van der Waals surface area contributed by atoms with Gasteiger partial charge in [0.25, 0.3) is 0 Å². The van der Waals surface area contributed by atoms with Gasteiger partial charge < -0.3 is 4.42 Å². The van der Waals surface area contributed by atoms with Crippen molar-refractivity contribution in [3.8, 4) is 0 Å². The Bertz CT molecular complexity index is 207. The first-order valence-corrected chi connectivity index (χ1v) is 6.80. The molecule has 1 rings (SSSR count). The van der Waals surface area contributed by atoms with Gasteiger partial charge in [0, 0.05) is 5.33 Å². The highest BCUT2D eigenvalue weighted by atomic mass is 79.9. The summed E-state index contributed by atoms with van der Waals surface area (Å²) in [5, 5.41) is 1.11. The van der Waals surface area contributed by atoms with Gasteiger partial charge in [0.05, 0.1) is 12.0 Å². The predicted octanol–water partition coefficient (Wildman–Crippen LogP) is 3.93. The molecule has 3 heteroatoms. The molecule has 1 aromatic heterocycles. The lowest BCUT2D eigenvalue weighted by Crippen LogP contribution is -2.03. The largest absolute Gasteiger partial charge is 0.468 e. The third-order valence-electron chi connectivity index (χ3n) is 1.97. The molecule has 0 aliphatic carbocycles. The molecule has 1 aromatic rings. The standard InChI is InChI=1S/C10H15BrOS/c1-2-9(6-11)7-13-8-10-4-3-5-12-10/h3-5,9H,2,6-8H2,1H3. The van der Waals surface area contributed by atoms with Crippen molar-refractivity contribution < 1.29 is 4.42 Å². The maximum atomic E-state index is 5.25. The number of thioether (sulfide) groups is 1. The Morgan fingerprint density at radius 3 is 3.00 bits per heavy atom. The van der Waals surface area contributed by atoms with E-state index in [1.165, 1.54) is 12.2 Å². The van der Waals surface area contributed by atoms with Crippen molar-refractivity contribution in [2.24, 2.45) is 5.92 Å². The van der Waals surface area contributed by atoms with Crippen LogP contribution in [0.5, 0.6) is 0 Å². The molecular formula is C10H15BrOS. The number of alkyl halides is 1. The highest BCUT2D eigenvalue weighted by Gasteiger charge is 2.04. The normalized spacial score (nSPS) is 13.1. The highest BCUT2D eigenvalue weighted by molar-refractivity contribution is 9.09. The molecule has 0 spiro atoms. The number of rotatable bonds is 6. The average molecular weight is 263 g/mol. The van der Waals surface area contributed by atoms with Crippen molar-refractivity contribution in [3.05, 3.63) is 24.2 Å². The molecule has 0 radical (unpaired) electrons. The monoisotopic (exact) mass is 262 g/mol. The van der Waals surface area contributed by atoms with Crippen LogP contribution in [-0.4, -0.2) is 11.1 Å². The van der Waals surface area contributed by atoms with Gasteiger partial charge >= 0.3 is 0 Å². The predicted molar refractivity (Wildman–Crippen MR) is 62.4 cm³/mol. The topological polar surface area (TPSA) is 13.1 Å². The van der Waals surface area contributed by atoms with Crippen LogP contribution in [0.3, 0.4) is 0 Å². The van der Waals surface area contributed by atoms with Crippen molar-refractivity contribution >= 4 is 27.7 Å². The van der Waals surface area contributed by atoms with Crippen molar-refractivity contribution in [2.45, 2.75) is 19.1 Å². The van der Waals surface area contributed by atoms with Crippen molar-refractivity contribution in [1.82, 2.24) is 0 Å². The summed E-state index contributed by atoms with van der Waals surface area (Å²) in [4.78, 5) is 0. The van der Waals surface area contributed by atoms with E-state index < -0.39 is 0 Å². The third-order valence-corrected chi connectivity index (χ3v) is 4.08. The van der Waals surface area contributed by atoms with Gasteiger partial charge in [-0.05, 0) is 23.8 Å². The van der Waals surface area contributed by atoms with Crippen LogP contribution in [0.2, 0.25) is 0 Å². The molecule has 1 heterocycles. The van der Waals surface area contributed by atoms with Crippen LogP contribution in [0.15, 0.2) is 22.8 Å². The van der Waals surface area contributed by atoms with Gasteiger partial charge in [0.1, 0.15) is 5.76 Å². The maximum absolute atomic E-state index is 5.25. The van der Waals surface area contributed by atoms with Gasteiger partial charge in [-0.25, -0.2) is 0 Å². The van der Waals surface area contributed by atoms with Gasteiger partial charge in [0.15, 0.2) is 0 Å². The second kappa shape index (κ2) is 6.55. The molecule has 0 fully saturated rings. The van der Waals surface area contributed by atoms with Crippen molar-refractivity contribution in [2.75, 3.05) is 11.1 Å². The molecular weight excluding hydrogens is 248 g/mol. The number of halogens is 1. The quantitative estimate of drug-likeness (QED) is 0.721. The fourth-order valence-electron chi connectivity index (χ4n) is 0.992. The van der Waals surface area contributed by atoms with E-state index in [4.69, 9.17) is 4.42 Å². The molecule has 0 saturated heterocycles. The van der Waals surface area contributed by atoms with Crippen LogP contribution in [-0.2, 0) is 5.75 Å². The summed E-state index contributed by atoms with van der Waals surface area (Å²) in [7, 11) is 0. The van der Waals surface area contributed by atoms with Gasteiger partial charge in [-0.15, -0.1) is 0 Å². The second-order valence-electron chi connectivity index (χ2n) is 3.02. The summed E-state index contributed by atoms with van der Waals surface area (Å²) in [6, 6.07) is 3.97. The maximum Gasteiger partial charge on any atom is 0.113 e. The van der Waals surface area contributed by atoms with Crippen LogP contribution in [0.1, 0.15) is 19.1 Å². The minimum Gasteiger partial charge on any atom is -0.468 e. The summed E-state index contributed by atoms with van der Waals surface area (Å²) < 4.78 is 5.25. The molecule has 0 N–H and O–H groups in total. The lowest BCUT2D eigenvalue weighted by Gasteiger charge is -2.09. The van der Waals surface area contributed by atoms with Gasteiger partial charge in [-0.3, -0.25) is 0 Å². The Hall–Kier alpha value is 0.110. The lowest BCUT2D eigenvalue weighted by atomic mass is 10.2. The summed E-state index contributed by atoms with van der Waals surface area (Å²) >= 11 is 5.46. The molecule has 0 aliphatic rings. The number of hydrogen-bond donors (Lipinski definition) is 0. The molecule has 0 amide bonds. The molecule has 0 aromatic carbocycles. The van der Waals surface area contributed by atoms with Crippen LogP contribution < -0.4 is 0 Å². The minimum atomic E-state index is 0.792. The zero-order valence-electron chi connectivity index (χ0n) is 7.83. The minimum absolute atomic E-state index is 0.792. The zero-order valence-corrected chi connectivity index (χ0v) is 10.2. The molecule has 0 saturated carbocycles. The van der Waals surface area contributed by atoms with E-state index >= 15 is 0 Å². The van der Waals surface area contributed by atoms with Crippen LogP contribution in [0.4, 0.5) is 0 Å². The van der Waals surface area contributed by atoms with E-state index in [0.717, 1.165) is 22.8 Å². The first kappa shape index (κ1) is 11.2.